The van der Waals surface area contributed by atoms with Gasteiger partial charge in [0.15, 0.2) is 0 Å². The van der Waals surface area contributed by atoms with Gasteiger partial charge in [-0.05, 0) is 35.4 Å². The van der Waals surface area contributed by atoms with Gasteiger partial charge < -0.3 is 15.8 Å². The number of rotatable bonds is 5. The third-order valence-corrected chi connectivity index (χ3v) is 4.01. The maximum atomic E-state index is 12.9. The summed E-state index contributed by atoms with van der Waals surface area (Å²) in [5.74, 6) is -0.277. The van der Waals surface area contributed by atoms with E-state index in [-0.39, 0.29) is 5.91 Å². The summed E-state index contributed by atoms with van der Waals surface area (Å²) in [6.45, 7) is 0. The predicted octanol–water partition coefficient (Wildman–Crippen LogP) is 3.71. The zero-order valence-corrected chi connectivity index (χ0v) is 14.2. The number of carbonyl (C=O) groups excluding carboxylic acids is 2. The molecule has 0 aromatic heterocycles. The molecule has 0 aliphatic carbocycles. The van der Waals surface area contributed by atoms with Gasteiger partial charge in [0.2, 0.25) is 5.91 Å². The number of amides is 2. The number of ether oxygens (including phenoxy) is 1. The molecule has 0 atom stereocenters. The lowest BCUT2D eigenvalue weighted by Crippen LogP contribution is -2.16. The number of primary amides is 1. The van der Waals surface area contributed by atoms with E-state index in [1.54, 1.807) is 61.7 Å². The van der Waals surface area contributed by atoms with Crippen molar-refractivity contribution in [1.82, 2.24) is 0 Å². The Kier molecular flexibility index (Phi) is 4.99. The van der Waals surface area contributed by atoms with Crippen molar-refractivity contribution in [3.63, 3.8) is 0 Å². The first-order chi connectivity index (χ1) is 12.6. The Morgan fingerprint density at radius 2 is 1.35 bits per heavy atom. The van der Waals surface area contributed by atoms with Crippen molar-refractivity contribution < 1.29 is 14.3 Å². The van der Waals surface area contributed by atoms with E-state index in [2.05, 4.69) is 5.32 Å². The zero-order valence-electron chi connectivity index (χ0n) is 14.2. The van der Waals surface area contributed by atoms with Gasteiger partial charge in [-0.2, -0.15) is 0 Å². The van der Waals surface area contributed by atoms with Crippen LogP contribution in [-0.2, 0) is 0 Å². The number of anilines is 1. The molecule has 5 heteroatoms. The molecule has 0 saturated carbocycles. The summed E-state index contributed by atoms with van der Waals surface area (Å²) in [7, 11) is 1.54. The molecule has 3 rings (SSSR count). The topological polar surface area (TPSA) is 81.4 Å². The molecular weight excluding hydrogens is 328 g/mol. The van der Waals surface area contributed by atoms with Crippen LogP contribution in [0.3, 0.4) is 0 Å². The molecule has 0 spiro atoms. The SMILES string of the molecule is COc1ccccc1NC(=O)c1ccccc1-c1ccccc1C(N)=O. The molecule has 3 aromatic carbocycles. The van der Waals surface area contributed by atoms with Crippen molar-refractivity contribution >= 4 is 17.5 Å². The Labute approximate surface area is 151 Å². The van der Waals surface area contributed by atoms with Crippen LogP contribution in [0.4, 0.5) is 5.69 Å². The van der Waals surface area contributed by atoms with Crippen LogP contribution < -0.4 is 15.8 Å². The minimum absolute atomic E-state index is 0.302. The van der Waals surface area contributed by atoms with E-state index >= 15 is 0 Å². The van der Waals surface area contributed by atoms with Crippen LogP contribution >= 0.6 is 0 Å². The first-order valence-corrected chi connectivity index (χ1v) is 8.04. The van der Waals surface area contributed by atoms with Crippen LogP contribution in [-0.4, -0.2) is 18.9 Å². The van der Waals surface area contributed by atoms with Gasteiger partial charge in [-0.25, -0.2) is 0 Å². The molecule has 0 heterocycles. The third-order valence-electron chi connectivity index (χ3n) is 4.01. The smallest absolute Gasteiger partial charge is 0.256 e. The third kappa shape index (κ3) is 3.42. The predicted molar refractivity (Wildman–Crippen MR) is 101 cm³/mol. The van der Waals surface area contributed by atoms with Gasteiger partial charge in [0.05, 0.1) is 12.8 Å². The number of hydrogen-bond acceptors (Lipinski definition) is 3. The van der Waals surface area contributed by atoms with Crippen molar-refractivity contribution in [1.29, 1.82) is 0 Å². The normalized spacial score (nSPS) is 10.2. The summed E-state index contributed by atoms with van der Waals surface area (Å²) in [5, 5.41) is 2.86. The van der Waals surface area contributed by atoms with E-state index in [9.17, 15) is 9.59 Å². The second kappa shape index (κ2) is 7.53. The highest BCUT2D eigenvalue weighted by Crippen LogP contribution is 2.29. The first kappa shape index (κ1) is 17.2. The molecule has 3 N–H and O–H groups in total. The molecule has 0 aliphatic rings. The average Bonchev–Trinajstić information content (AvgIpc) is 2.68. The van der Waals surface area contributed by atoms with E-state index in [0.29, 0.717) is 33.7 Å². The van der Waals surface area contributed by atoms with Crippen LogP contribution in [0.2, 0.25) is 0 Å². The number of methoxy groups -OCH3 is 1. The van der Waals surface area contributed by atoms with Crippen molar-refractivity contribution in [2.45, 2.75) is 0 Å². The van der Waals surface area contributed by atoms with Gasteiger partial charge in [0, 0.05) is 11.1 Å². The van der Waals surface area contributed by atoms with Gasteiger partial charge in [-0.15, -0.1) is 0 Å². The van der Waals surface area contributed by atoms with Gasteiger partial charge >= 0.3 is 0 Å². The van der Waals surface area contributed by atoms with Gasteiger partial charge in [0.1, 0.15) is 5.75 Å². The highest BCUT2D eigenvalue weighted by Gasteiger charge is 2.17. The fraction of sp³-hybridized carbons (Fsp3) is 0.0476. The molecule has 0 saturated heterocycles. The number of nitrogens with one attached hydrogen (secondary N) is 1. The number of benzene rings is 3. The summed E-state index contributed by atoms with van der Waals surface area (Å²) in [6, 6.07) is 21.2. The molecule has 0 fully saturated rings. The Bertz CT molecular complexity index is 967. The maximum Gasteiger partial charge on any atom is 0.256 e. The molecule has 5 nitrogen and oxygen atoms in total. The molecule has 130 valence electrons. The molecular formula is C21H18N2O3. The highest BCUT2D eigenvalue weighted by molar-refractivity contribution is 6.11. The lowest BCUT2D eigenvalue weighted by atomic mass is 9.94. The molecule has 0 unspecified atom stereocenters. The monoisotopic (exact) mass is 346 g/mol. The largest absolute Gasteiger partial charge is 0.495 e. The molecule has 26 heavy (non-hydrogen) atoms. The lowest BCUT2D eigenvalue weighted by molar-refractivity contribution is 0.0997. The number of nitrogens with two attached hydrogens (primary N) is 1. The number of para-hydroxylation sites is 2. The summed E-state index contributed by atoms with van der Waals surface area (Å²) in [4.78, 5) is 24.6. The van der Waals surface area contributed by atoms with Crippen LogP contribution in [0.5, 0.6) is 5.75 Å². The van der Waals surface area contributed by atoms with E-state index in [0.717, 1.165) is 0 Å². The highest BCUT2D eigenvalue weighted by atomic mass is 16.5. The second-order valence-corrected chi connectivity index (χ2v) is 5.61. The quantitative estimate of drug-likeness (QED) is 0.739. The Morgan fingerprint density at radius 1 is 0.808 bits per heavy atom. The minimum Gasteiger partial charge on any atom is -0.495 e. The molecule has 3 aromatic rings. The standard InChI is InChI=1S/C21H18N2O3/c1-26-19-13-7-6-12-18(19)23-21(25)17-11-5-3-9-15(17)14-8-2-4-10-16(14)20(22)24/h2-13H,1H3,(H2,22,24)(H,23,25). The fourth-order valence-corrected chi connectivity index (χ4v) is 2.79. The van der Waals surface area contributed by atoms with Gasteiger partial charge in [0.25, 0.3) is 5.91 Å². The Balaban J connectivity index is 2.03. The second-order valence-electron chi connectivity index (χ2n) is 5.61. The van der Waals surface area contributed by atoms with Crippen LogP contribution in [0, 0.1) is 0 Å². The van der Waals surface area contributed by atoms with Crippen molar-refractivity contribution in [3.05, 3.63) is 83.9 Å². The van der Waals surface area contributed by atoms with Gasteiger partial charge in [-0.3, -0.25) is 9.59 Å². The lowest BCUT2D eigenvalue weighted by Gasteiger charge is -2.14. The van der Waals surface area contributed by atoms with Crippen LogP contribution in [0.25, 0.3) is 11.1 Å². The van der Waals surface area contributed by atoms with E-state index in [4.69, 9.17) is 10.5 Å². The van der Waals surface area contributed by atoms with Crippen molar-refractivity contribution in [3.8, 4) is 16.9 Å². The Morgan fingerprint density at radius 3 is 2.00 bits per heavy atom. The zero-order chi connectivity index (χ0) is 18.5. The molecule has 0 bridgehead atoms. The van der Waals surface area contributed by atoms with Crippen molar-refractivity contribution in [2.24, 2.45) is 5.73 Å². The fourth-order valence-electron chi connectivity index (χ4n) is 2.79. The molecule has 2 amide bonds. The van der Waals surface area contributed by atoms with Crippen LogP contribution in [0.1, 0.15) is 20.7 Å². The first-order valence-electron chi connectivity index (χ1n) is 8.04. The Hall–Kier alpha value is -3.60. The summed E-state index contributed by atoms with van der Waals surface area (Å²) >= 11 is 0. The molecule has 0 aliphatic heterocycles. The maximum absolute atomic E-state index is 12.9. The van der Waals surface area contributed by atoms with Crippen LogP contribution in [0.15, 0.2) is 72.8 Å². The number of carbonyl (C=O) groups is 2. The summed E-state index contributed by atoms with van der Waals surface area (Å²) < 4.78 is 5.27. The summed E-state index contributed by atoms with van der Waals surface area (Å²) in [6.07, 6.45) is 0. The van der Waals surface area contributed by atoms with Gasteiger partial charge in [-0.1, -0.05) is 48.5 Å². The van der Waals surface area contributed by atoms with E-state index in [1.807, 2.05) is 18.2 Å². The summed E-state index contributed by atoms with van der Waals surface area (Å²) in [5.41, 5.74) is 8.10. The minimum atomic E-state index is -0.541. The number of hydrogen-bond donors (Lipinski definition) is 2. The van der Waals surface area contributed by atoms with E-state index < -0.39 is 5.91 Å². The average molecular weight is 346 g/mol. The van der Waals surface area contributed by atoms with E-state index in [1.165, 1.54) is 0 Å². The van der Waals surface area contributed by atoms with Crippen molar-refractivity contribution in [2.75, 3.05) is 12.4 Å². The molecule has 0 radical (unpaired) electrons.